The van der Waals surface area contributed by atoms with Crippen molar-refractivity contribution in [2.24, 2.45) is 0 Å². The van der Waals surface area contributed by atoms with Crippen LogP contribution in [-0.4, -0.2) is 34.8 Å². The Hall–Kier alpha value is -1.32. The largest absolute Gasteiger partial charge is 0.515 e. The number of carbonyl (C=O) groups excluding carboxylic acids is 2. The highest BCUT2D eigenvalue weighted by Gasteiger charge is 2.33. The predicted molar refractivity (Wildman–Crippen MR) is 74.9 cm³/mol. The van der Waals surface area contributed by atoms with Gasteiger partial charge in [0.1, 0.15) is 5.57 Å². The van der Waals surface area contributed by atoms with Gasteiger partial charge in [-0.25, -0.2) is 0 Å². The average molecular weight is 267 g/mol. The molecule has 0 atom stereocenters. The lowest BCUT2D eigenvalue weighted by atomic mass is 10.1. The van der Waals surface area contributed by atoms with Crippen LogP contribution in [0.3, 0.4) is 0 Å². The molecule has 0 aromatic rings. The molecule has 4 nitrogen and oxygen atoms in total. The molecule has 0 aromatic carbocycles. The topological polar surface area (TPSA) is 57.6 Å². The highest BCUT2D eigenvalue weighted by molar-refractivity contribution is 6.24. The molecule has 19 heavy (non-hydrogen) atoms. The van der Waals surface area contributed by atoms with E-state index in [9.17, 15) is 9.59 Å². The number of unbranched alkanes of at least 4 members (excludes halogenated alkanes) is 7. The molecule has 0 radical (unpaired) electrons. The molecular formula is C15H25NO3. The van der Waals surface area contributed by atoms with Crippen molar-refractivity contribution in [1.29, 1.82) is 0 Å². The number of hydrogen-bond donors (Lipinski definition) is 1. The molecule has 0 spiro atoms. The molecule has 108 valence electrons. The minimum absolute atomic E-state index is 0.0698. The fraction of sp³-hybridized carbons (Fsp3) is 0.733. The summed E-state index contributed by atoms with van der Waals surface area (Å²) in [6.07, 6.45) is 10.3. The van der Waals surface area contributed by atoms with E-state index in [0.717, 1.165) is 12.8 Å². The molecule has 1 saturated heterocycles. The molecule has 1 aliphatic rings. The summed E-state index contributed by atoms with van der Waals surface area (Å²) in [4.78, 5) is 24.6. The van der Waals surface area contributed by atoms with Gasteiger partial charge in [0, 0.05) is 6.54 Å². The summed E-state index contributed by atoms with van der Waals surface area (Å²) in [5, 5.41) is 8.81. The average Bonchev–Trinajstić information content (AvgIpc) is 2.67. The van der Waals surface area contributed by atoms with E-state index in [4.69, 9.17) is 5.11 Å². The third-order valence-corrected chi connectivity index (χ3v) is 3.56. The number of nitrogens with zero attached hydrogens (tertiary/aromatic N) is 1. The maximum Gasteiger partial charge on any atom is 0.261 e. The molecule has 0 saturated carbocycles. The number of hydrogen-bond acceptors (Lipinski definition) is 3. The van der Waals surface area contributed by atoms with Crippen molar-refractivity contribution in [1.82, 2.24) is 4.90 Å². The Morgan fingerprint density at radius 3 is 2.16 bits per heavy atom. The van der Waals surface area contributed by atoms with E-state index in [2.05, 4.69) is 6.92 Å². The van der Waals surface area contributed by atoms with Crippen molar-refractivity contribution in [3.05, 3.63) is 11.8 Å². The van der Waals surface area contributed by atoms with Crippen molar-refractivity contribution in [2.75, 3.05) is 13.1 Å². The second-order valence-electron chi connectivity index (χ2n) is 5.17. The zero-order chi connectivity index (χ0) is 14.1. The van der Waals surface area contributed by atoms with Crippen molar-refractivity contribution in [3.63, 3.8) is 0 Å². The molecule has 4 heteroatoms. The van der Waals surface area contributed by atoms with Crippen LogP contribution in [0.4, 0.5) is 0 Å². The summed E-state index contributed by atoms with van der Waals surface area (Å²) in [6, 6.07) is 0. The molecule has 1 rings (SSSR count). The van der Waals surface area contributed by atoms with Crippen molar-refractivity contribution in [2.45, 2.75) is 58.3 Å². The van der Waals surface area contributed by atoms with Crippen molar-refractivity contribution < 1.29 is 14.7 Å². The van der Waals surface area contributed by atoms with Crippen LogP contribution in [0.2, 0.25) is 0 Å². The third kappa shape index (κ3) is 5.05. The molecule has 0 aliphatic carbocycles. The first-order valence-corrected chi connectivity index (χ1v) is 7.37. The van der Waals surface area contributed by atoms with Gasteiger partial charge in [0.25, 0.3) is 5.91 Å². The number of ketones is 1. The quantitative estimate of drug-likeness (QED) is 0.302. The second kappa shape index (κ2) is 8.73. The molecule has 1 N–H and O–H groups in total. The van der Waals surface area contributed by atoms with Gasteiger partial charge in [0.2, 0.25) is 0 Å². The number of rotatable bonds is 9. The van der Waals surface area contributed by atoms with Gasteiger partial charge in [0.15, 0.2) is 5.78 Å². The summed E-state index contributed by atoms with van der Waals surface area (Å²) in [6.45, 7) is 2.96. The van der Waals surface area contributed by atoms with E-state index in [-0.39, 0.29) is 23.8 Å². The van der Waals surface area contributed by atoms with Gasteiger partial charge in [-0.3, -0.25) is 9.59 Å². The molecule has 1 amide bonds. The first kappa shape index (κ1) is 15.7. The number of aliphatic hydroxyl groups excluding tert-OH is 1. The summed E-state index contributed by atoms with van der Waals surface area (Å²) in [5.41, 5.74) is -0.0698. The lowest BCUT2D eigenvalue weighted by Crippen LogP contribution is -2.26. The van der Waals surface area contributed by atoms with Crippen LogP contribution in [0, 0.1) is 0 Å². The standard InChI is InChI=1S/C15H25NO3/c1-2-3-4-5-6-7-8-9-10-16-11-14(18)13(12-17)15(16)19/h12,17H,2-11H2,1H3/b13-12+. The number of amides is 1. The minimum atomic E-state index is -0.324. The molecule has 1 heterocycles. The van der Waals surface area contributed by atoms with Crippen LogP contribution >= 0.6 is 0 Å². The van der Waals surface area contributed by atoms with Crippen molar-refractivity contribution >= 4 is 11.7 Å². The molecule has 1 fully saturated rings. The molecular weight excluding hydrogens is 242 g/mol. The number of Topliss-reactive ketones (excluding diaryl/α,β-unsaturated/α-hetero) is 1. The van der Waals surface area contributed by atoms with Gasteiger partial charge < -0.3 is 10.0 Å². The summed E-state index contributed by atoms with van der Waals surface area (Å²) < 4.78 is 0. The zero-order valence-electron chi connectivity index (χ0n) is 11.9. The molecule has 0 aromatic heterocycles. The van der Waals surface area contributed by atoms with Gasteiger partial charge >= 0.3 is 0 Å². The first-order valence-electron chi connectivity index (χ1n) is 7.37. The van der Waals surface area contributed by atoms with Crippen LogP contribution in [0.15, 0.2) is 11.8 Å². The van der Waals surface area contributed by atoms with E-state index in [1.807, 2.05) is 0 Å². The van der Waals surface area contributed by atoms with Crippen LogP contribution < -0.4 is 0 Å². The normalized spacial score (nSPS) is 17.7. The molecule has 1 aliphatic heterocycles. The van der Waals surface area contributed by atoms with Gasteiger partial charge in [-0.05, 0) is 6.42 Å². The lowest BCUT2D eigenvalue weighted by molar-refractivity contribution is -0.125. The smallest absolute Gasteiger partial charge is 0.261 e. The molecule has 0 unspecified atom stereocenters. The van der Waals surface area contributed by atoms with Crippen LogP contribution in [0.1, 0.15) is 58.3 Å². The van der Waals surface area contributed by atoms with Gasteiger partial charge in [-0.2, -0.15) is 0 Å². The Bertz CT molecular complexity index is 336. The van der Waals surface area contributed by atoms with Crippen LogP contribution in [0.5, 0.6) is 0 Å². The van der Waals surface area contributed by atoms with Crippen LogP contribution in [0.25, 0.3) is 0 Å². The number of likely N-dealkylation sites (tertiary alicyclic amines) is 1. The summed E-state index contributed by atoms with van der Waals surface area (Å²) >= 11 is 0. The maximum absolute atomic E-state index is 11.7. The zero-order valence-corrected chi connectivity index (χ0v) is 11.9. The lowest BCUT2D eigenvalue weighted by Gasteiger charge is -2.13. The Labute approximate surface area is 115 Å². The predicted octanol–water partition coefficient (Wildman–Crippen LogP) is 2.98. The second-order valence-corrected chi connectivity index (χ2v) is 5.17. The monoisotopic (exact) mass is 267 g/mol. The van der Waals surface area contributed by atoms with E-state index in [1.54, 1.807) is 0 Å². The molecule has 0 bridgehead atoms. The summed E-state index contributed by atoms with van der Waals surface area (Å²) in [7, 11) is 0. The Morgan fingerprint density at radius 1 is 1.05 bits per heavy atom. The van der Waals surface area contributed by atoms with Gasteiger partial charge in [-0.1, -0.05) is 51.9 Å². The van der Waals surface area contributed by atoms with E-state index >= 15 is 0 Å². The SMILES string of the molecule is CCCCCCCCCCN1CC(=O)/C(=C\O)C1=O. The minimum Gasteiger partial charge on any atom is -0.515 e. The fourth-order valence-electron chi connectivity index (χ4n) is 2.36. The van der Waals surface area contributed by atoms with E-state index in [0.29, 0.717) is 12.8 Å². The van der Waals surface area contributed by atoms with E-state index < -0.39 is 0 Å². The Kier molecular flexibility index (Phi) is 7.23. The highest BCUT2D eigenvalue weighted by Crippen LogP contribution is 2.15. The third-order valence-electron chi connectivity index (χ3n) is 3.56. The van der Waals surface area contributed by atoms with Crippen LogP contribution in [-0.2, 0) is 9.59 Å². The fourth-order valence-corrected chi connectivity index (χ4v) is 2.36. The Morgan fingerprint density at radius 2 is 1.63 bits per heavy atom. The van der Waals surface area contributed by atoms with E-state index in [1.165, 1.54) is 43.4 Å². The maximum atomic E-state index is 11.7. The van der Waals surface area contributed by atoms with Gasteiger partial charge in [-0.15, -0.1) is 0 Å². The first-order chi connectivity index (χ1) is 9.20. The van der Waals surface area contributed by atoms with Gasteiger partial charge in [0.05, 0.1) is 12.8 Å². The van der Waals surface area contributed by atoms with Crippen molar-refractivity contribution in [3.8, 4) is 0 Å². The highest BCUT2D eigenvalue weighted by atomic mass is 16.2. The summed E-state index contributed by atoms with van der Waals surface area (Å²) in [5.74, 6) is -0.595. The number of carbonyl (C=O) groups is 2. The Balaban J connectivity index is 2.08. The number of aliphatic hydroxyl groups is 1.